The predicted octanol–water partition coefficient (Wildman–Crippen LogP) is 2.93. The van der Waals surface area contributed by atoms with Crippen molar-refractivity contribution in [3.63, 3.8) is 0 Å². The minimum absolute atomic E-state index is 0.00429. The molecule has 1 amide bonds. The standard InChI is InChI=1S/C18H20F2N2O3S/c1-3-22(4-2)26(24,25)15-8-5-13(6-9-15)12-21-18(23)14-7-10-16(19)17(20)11-14/h5-11H,3-4,12H2,1-2H3,(H,21,23). The average molecular weight is 382 g/mol. The van der Waals surface area contributed by atoms with Gasteiger partial charge in [-0.3, -0.25) is 4.79 Å². The largest absolute Gasteiger partial charge is 0.348 e. The first kappa shape index (κ1) is 20.0. The van der Waals surface area contributed by atoms with E-state index < -0.39 is 27.6 Å². The van der Waals surface area contributed by atoms with E-state index in [4.69, 9.17) is 0 Å². The number of hydrogen-bond donors (Lipinski definition) is 1. The summed E-state index contributed by atoms with van der Waals surface area (Å²) in [5.41, 5.74) is 0.684. The third-order valence-electron chi connectivity index (χ3n) is 3.90. The van der Waals surface area contributed by atoms with Gasteiger partial charge in [0.2, 0.25) is 10.0 Å². The van der Waals surface area contributed by atoms with Crippen molar-refractivity contribution < 1.29 is 22.0 Å². The third-order valence-corrected chi connectivity index (χ3v) is 5.97. The molecule has 2 aromatic carbocycles. The summed E-state index contributed by atoms with van der Waals surface area (Å²) in [4.78, 5) is 12.1. The second-order valence-corrected chi connectivity index (χ2v) is 7.48. The summed E-state index contributed by atoms with van der Waals surface area (Å²) in [6.07, 6.45) is 0. The fraction of sp³-hybridized carbons (Fsp3) is 0.278. The van der Waals surface area contributed by atoms with Crippen LogP contribution in [-0.4, -0.2) is 31.7 Å². The maximum atomic E-state index is 13.2. The molecule has 0 radical (unpaired) electrons. The van der Waals surface area contributed by atoms with Gasteiger partial charge in [-0.25, -0.2) is 17.2 Å². The van der Waals surface area contributed by atoms with Gasteiger partial charge in [0, 0.05) is 25.2 Å². The first-order chi connectivity index (χ1) is 12.3. The molecular weight excluding hydrogens is 362 g/mol. The number of carbonyl (C=O) groups is 1. The third kappa shape index (κ3) is 4.44. The van der Waals surface area contributed by atoms with Gasteiger partial charge in [0.1, 0.15) is 0 Å². The Labute approximate surface area is 151 Å². The molecule has 2 rings (SSSR count). The van der Waals surface area contributed by atoms with Gasteiger partial charge in [0.15, 0.2) is 11.6 Å². The van der Waals surface area contributed by atoms with Gasteiger partial charge < -0.3 is 5.32 Å². The molecular formula is C18H20F2N2O3S. The van der Waals surface area contributed by atoms with Gasteiger partial charge in [0.25, 0.3) is 5.91 Å². The molecule has 26 heavy (non-hydrogen) atoms. The first-order valence-electron chi connectivity index (χ1n) is 8.12. The molecule has 140 valence electrons. The normalized spacial score (nSPS) is 11.6. The molecule has 0 aliphatic carbocycles. The van der Waals surface area contributed by atoms with Crippen LogP contribution in [0.3, 0.4) is 0 Å². The maximum Gasteiger partial charge on any atom is 0.251 e. The van der Waals surface area contributed by atoms with Crippen molar-refractivity contribution >= 4 is 15.9 Å². The minimum atomic E-state index is -3.53. The van der Waals surface area contributed by atoms with Crippen LogP contribution in [0.5, 0.6) is 0 Å². The molecule has 0 fully saturated rings. The molecule has 0 saturated heterocycles. The van der Waals surface area contributed by atoms with Crippen molar-refractivity contribution in [2.75, 3.05) is 13.1 Å². The van der Waals surface area contributed by atoms with Crippen molar-refractivity contribution in [1.29, 1.82) is 0 Å². The van der Waals surface area contributed by atoms with Crippen LogP contribution in [0, 0.1) is 11.6 Å². The molecule has 0 aliphatic heterocycles. The molecule has 0 unspecified atom stereocenters. The van der Waals surface area contributed by atoms with E-state index in [1.807, 2.05) is 0 Å². The lowest BCUT2D eigenvalue weighted by Gasteiger charge is -2.18. The van der Waals surface area contributed by atoms with Gasteiger partial charge in [-0.2, -0.15) is 4.31 Å². The van der Waals surface area contributed by atoms with Gasteiger partial charge in [-0.1, -0.05) is 26.0 Å². The Morgan fingerprint density at radius 3 is 2.15 bits per heavy atom. The Morgan fingerprint density at radius 1 is 1.00 bits per heavy atom. The predicted molar refractivity (Wildman–Crippen MR) is 94.1 cm³/mol. The van der Waals surface area contributed by atoms with E-state index in [0.717, 1.165) is 12.1 Å². The number of hydrogen-bond acceptors (Lipinski definition) is 3. The zero-order valence-corrected chi connectivity index (χ0v) is 15.3. The molecule has 2 aromatic rings. The summed E-state index contributed by atoms with van der Waals surface area (Å²) in [6, 6.07) is 9.05. The van der Waals surface area contributed by atoms with E-state index in [1.165, 1.54) is 22.5 Å². The Balaban J connectivity index is 2.05. The zero-order valence-electron chi connectivity index (χ0n) is 14.5. The van der Waals surface area contributed by atoms with E-state index in [9.17, 15) is 22.0 Å². The Morgan fingerprint density at radius 2 is 1.62 bits per heavy atom. The lowest BCUT2D eigenvalue weighted by atomic mass is 10.2. The topological polar surface area (TPSA) is 66.5 Å². The molecule has 8 heteroatoms. The minimum Gasteiger partial charge on any atom is -0.348 e. The number of sulfonamides is 1. The van der Waals surface area contributed by atoms with Crippen LogP contribution < -0.4 is 5.32 Å². The van der Waals surface area contributed by atoms with Crippen molar-refractivity contribution in [1.82, 2.24) is 9.62 Å². The van der Waals surface area contributed by atoms with Crippen LogP contribution in [-0.2, 0) is 16.6 Å². The maximum absolute atomic E-state index is 13.2. The number of carbonyl (C=O) groups excluding carboxylic acids is 1. The summed E-state index contributed by atoms with van der Waals surface area (Å²) in [7, 11) is -3.53. The van der Waals surface area contributed by atoms with Gasteiger partial charge in [0.05, 0.1) is 4.90 Å². The molecule has 1 N–H and O–H groups in total. The highest BCUT2D eigenvalue weighted by Crippen LogP contribution is 2.16. The summed E-state index contributed by atoms with van der Waals surface area (Å²) in [5, 5.41) is 2.58. The van der Waals surface area contributed by atoms with Crippen molar-refractivity contribution in [3.8, 4) is 0 Å². The van der Waals surface area contributed by atoms with Crippen molar-refractivity contribution in [3.05, 3.63) is 65.2 Å². The summed E-state index contributed by atoms with van der Waals surface area (Å²) in [5.74, 6) is -2.67. The number of halogens is 2. The number of rotatable bonds is 7. The summed E-state index contributed by atoms with van der Waals surface area (Å²) >= 11 is 0. The SMILES string of the molecule is CCN(CC)S(=O)(=O)c1ccc(CNC(=O)c2ccc(F)c(F)c2)cc1. The van der Waals surface area contributed by atoms with E-state index in [0.29, 0.717) is 18.7 Å². The first-order valence-corrected chi connectivity index (χ1v) is 9.56. The molecule has 0 aromatic heterocycles. The van der Waals surface area contributed by atoms with Crippen LogP contribution in [0.2, 0.25) is 0 Å². The van der Waals surface area contributed by atoms with Crippen LogP contribution in [0.1, 0.15) is 29.8 Å². The lowest BCUT2D eigenvalue weighted by molar-refractivity contribution is 0.0950. The van der Waals surface area contributed by atoms with Crippen molar-refractivity contribution in [2.45, 2.75) is 25.3 Å². The van der Waals surface area contributed by atoms with Crippen LogP contribution in [0.4, 0.5) is 8.78 Å². The Kier molecular flexibility index (Phi) is 6.44. The van der Waals surface area contributed by atoms with Crippen LogP contribution in [0.25, 0.3) is 0 Å². The molecule has 0 heterocycles. The van der Waals surface area contributed by atoms with Gasteiger partial charge >= 0.3 is 0 Å². The molecule has 0 saturated carbocycles. The molecule has 0 spiro atoms. The highest BCUT2D eigenvalue weighted by molar-refractivity contribution is 7.89. The number of nitrogens with one attached hydrogen (secondary N) is 1. The number of amides is 1. The van der Waals surface area contributed by atoms with E-state index in [-0.39, 0.29) is 17.0 Å². The molecule has 0 bridgehead atoms. The van der Waals surface area contributed by atoms with E-state index >= 15 is 0 Å². The molecule has 0 aliphatic rings. The van der Waals surface area contributed by atoms with Crippen LogP contribution in [0.15, 0.2) is 47.4 Å². The average Bonchev–Trinajstić information content (AvgIpc) is 2.63. The monoisotopic (exact) mass is 382 g/mol. The number of benzene rings is 2. The van der Waals surface area contributed by atoms with Crippen molar-refractivity contribution in [2.24, 2.45) is 0 Å². The highest BCUT2D eigenvalue weighted by Gasteiger charge is 2.21. The summed E-state index contributed by atoms with van der Waals surface area (Å²) < 4.78 is 52.2. The zero-order chi connectivity index (χ0) is 19.3. The fourth-order valence-corrected chi connectivity index (χ4v) is 3.87. The van der Waals surface area contributed by atoms with Gasteiger partial charge in [-0.15, -0.1) is 0 Å². The van der Waals surface area contributed by atoms with Crippen LogP contribution >= 0.6 is 0 Å². The fourth-order valence-electron chi connectivity index (χ4n) is 2.41. The smallest absolute Gasteiger partial charge is 0.251 e. The Hall–Kier alpha value is -2.32. The van der Waals surface area contributed by atoms with E-state index in [2.05, 4.69) is 5.32 Å². The summed E-state index contributed by atoms with van der Waals surface area (Å²) in [6.45, 7) is 4.42. The molecule has 0 atom stereocenters. The second kappa shape index (κ2) is 8.37. The highest BCUT2D eigenvalue weighted by atomic mass is 32.2. The Bertz CT molecular complexity index is 880. The van der Waals surface area contributed by atoms with E-state index in [1.54, 1.807) is 26.0 Å². The van der Waals surface area contributed by atoms with Gasteiger partial charge in [-0.05, 0) is 35.9 Å². The quantitative estimate of drug-likeness (QED) is 0.801. The number of nitrogens with zero attached hydrogens (tertiary/aromatic N) is 1. The second-order valence-electron chi connectivity index (χ2n) is 5.54. The molecule has 5 nitrogen and oxygen atoms in total. The lowest BCUT2D eigenvalue weighted by Crippen LogP contribution is -2.30.